The molecule has 0 aliphatic rings. The lowest BCUT2D eigenvalue weighted by Crippen LogP contribution is -2.32. The molecular formula is C21H38O2S2. The number of thioether (sulfide) groups is 1. The molecule has 2 nitrogen and oxygen atoms in total. The molecule has 0 aromatic heterocycles. The van der Waals surface area contributed by atoms with Crippen LogP contribution in [0.15, 0.2) is 12.2 Å². The third-order valence-corrected chi connectivity index (χ3v) is 6.26. The molecule has 0 aliphatic heterocycles. The van der Waals surface area contributed by atoms with Gasteiger partial charge < -0.3 is 5.11 Å². The van der Waals surface area contributed by atoms with Gasteiger partial charge in [-0.25, -0.2) is 0 Å². The van der Waals surface area contributed by atoms with Crippen molar-refractivity contribution in [1.29, 1.82) is 0 Å². The van der Waals surface area contributed by atoms with Crippen LogP contribution in [0.2, 0.25) is 0 Å². The summed E-state index contributed by atoms with van der Waals surface area (Å²) in [5.74, 6) is -0.757. The van der Waals surface area contributed by atoms with Crippen molar-refractivity contribution in [3.8, 4) is 0 Å². The first-order chi connectivity index (χ1) is 12.0. The van der Waals surface area contributed by atoms with Crippen molar-refractivity contribution >= 4 is 34.1 Å². The summed E-state index contributed by atoms with van der Waals surface area (Å²) in [6, 6.07) is 0. The van der Waals surface area contributed by atoms with Crippen molar-refractivity contribution in [3.05, 3.63) is 12.2 Å². The normalized spacial score (nSPS) is 13.9. The van der Waals surface area contributed by atoms with E-state index in [-0.39, 0.29) is 0 Å². The maximum absolute atomic E-state index is 11.6. The Hall–Kier alpha value is -0.350. The minimum absolute atomic E-state index is 0.621. The Labute approximate surface area is 165 Å². The van der Waals surface area contributed by atoms with Crippen LogP contribution in [0, 0.1) is 0 Å². The summed E-state index contributed by atoms with van der Waals surface area (Å²) in [4.78, 5) is 11.6. The Balaban J connectivity index is 3.81. The maximum atomic E-state index is 11.6. The summed E-state index contributed by atoms with van der Waals surface area (Å²) < 4.78 is 0.0553. The standard InChI is InChI=1S/C21H38O2S2/c1-4-6-8-9-10-11-12-13-14-15-17-19(24)25-21(3,20(22)23)18-16-7-5-2/h5,7H,4,6,8-18H2,1-3H3,(H,22,23). The fraction of sp³-hybridized carbons (Fsp3) is 0.810. The topological polar surface area (TPSA) is 37.3 Å². The Morgan fingerprint density at radius 3 is 2.04 bits per heavy atom. The number of hydrogen-bond donors (Lipinski definition) is 1. The second-order valence-corrected chi connectivity index (χ2v) is 9.40. The van der Waals surface area contributed by atoms with Crippen molar-refractivity contribution in [2.75, 3.05) is 0 Å². The number of unbranched alkanes of at least 4 members (excludes halogenated alkanes) is 9. The number of carboxylic acids is 1. The lowest BCUT2D eigenvalue weighted by Gasteiger charge is -2.23. The van der Waals surface area contributed by atoms with Crippen molar-refractivity contribution in [2.45, 2.75) is 109 Å². The monoisotopic (exact) mass is 386 g/mol. The molecular weight excluding hydrogens is 348 g/mol. The van der Waals surface area contributed by atoms with Crippen LogP contribution in [-0.4, -0.2) is 20.0 Å². The van der Waals surface area contributed by atoms with Gasteiger partial charge in [0.05, 0.1) is 0 Å². The molecule has 0 heterocycles. The highest BCUT2D eigenvalue weighted by Crippen LogP contribution is 2.33. The van der Waals surface area contributed by atoms with Crippen LogP contribution < -0.4 is 0 Å². The van der Waals surface area contributed by atoms with E-state index in [4.69, 9.17) is 12.2 Å². The first kappa shape index (κ1) is 24.7. The van der Waals surface area contributed by atoms with Crippen LogP contribution in [0.25, 0.3) is 0 Å². The number of hydrogen-bond acceptors (Lipinski definition) is 3. The van der Waals surface area contributed by atoms with Crippen LogP contribution >= 0.6 is 24.0 Å². The summed E-state index contributed by atoms with van der Waals surface area (Å²) >= 11 is 6.83. The second-order valence-electron chi connectivity index (χ2n) is 7.05. The minimum Gasteiger partial charge on any atom is -0.480 e. The van der Waals surface area contributed by atoms with Crippen molar-refractivity contribution in [1.82, 2.24) is 0 Å². The van der Waals surface area contributed by atoms with Gasteiger partial charge in [0.25, 0.3) is 0 Å². The fourth-order valence-electron chi connectivity index (χ4n) is 2.79. The first-order valence-electron chi connectivity index (χ1n) is 10.0. The van der Waals surface area contributed by atoms with Gasteiger partial charge in [-0.3, -0.25) is 4.79 Å². The van der Waals surface area contributed by atoms with Gasteiger partial charge in [-0.05, 0) is 39.5 Å². The Morgan fingerprint density at radius 2 is 1.56 bits per heavy atom. The highest BCUT2D eigenvalue weighted by atomic mass is 32.2. The predicted molar refractivity (Wildman–Crippen MR) is 117 cm³/mol. The molecule has 0 spiro atoms. The van der Waals surface area contributed by atoms with Gasteiger partial charge in [0.15, 0.2) is 0 Å². The Kier molecular flexibility index (Phi) is 15.6. The molecule has 1 N–H and O–H groups in total. The average Bonchev–Trinajstić information content (AvgIpc) is 2.56. The smallest absolute Gasteiger partial charge is 0.319 e. The Morgan fingerprint density at radius 1 is 1.04 bits per heavy atom. The summed E-state index contributed by atoms with van der Waals surface area (Å²) in [6.07, 6.45) is 19.3. The van der Waals surface area contributed by atoms with Crippen LogP contribution in [0.4, 0.5) is 0 Å². The molecule has 0 saturated carbocycles. The fourth-order valence-corrected chi connectivity index (χ4v) is 4.54. The largest absolute Gasteiger partial charge is 0.480 e. The van der Waals surface area contributed by atoms with E-state index < -0.39 is 10.7 Å². The van der Waals surface area contributed by atoms with Crippen molar-refractivity contribution in [3.63, 3.8) is 0 Å². The molecule has 0 aliphatic carbocycles. The number of carboxylic acid groups (broad SMARTS) is 1. The molecule has 0 bridgehead atoms. The number of aliphatic carboxylic acids is 1. The summed E-state index contributed by atoms with van der Waals surface area (Å²) in [7, 11) is 0. The van der Waals surface area contributed by atoms with E-state index in [1.54, 1.807) is 6.92 Å². The van der Waals surface area contributed by atoms with Gasteiger partial charge in [-0.1, -0.05) is 89.1 Å². The molecule has 0 aromatic rings. The van der Waals surface area contributed by atoms with Crippen LogP contribution in [-0.2, 0) is 4.79 Å². The maximum Gasteiger partial charge on any atom is 0.319 e. The predicted octanol–water partition coefficient (Wildman–Crippen LogP) is 7.56. The van der Waals surface area contributed by atoms with Crippen molar-refractivity contribution < 1.29 is 9.90 Å². The van der Waals surface area contributed by atoms with Crippen LogP contribution in [0.1, 0.15) is 104 Å². The molecule has 25 heavy (non-hydrogen) atoms. The summed E-state index contributed by atoms with van der Waals surface area (Å²) in [5, 5.41) is 9.52. The highest BCUT2D eigenvalue weighted by molar-refractivity contribution is 8.24. The SMILES string of the molecule is CC=CCCC(C)(SC(=S)CCCCCCCCCCCC)C(=O)O. The third-order valence-electron chi connectivity index (χ3n) is 4.55. The van der Waals surface area contributed by atoms with Gasteiger partial charge in [0.1, 0.15) is 4.75 Å². The van der Waals surface area contributed by atoms with Gasteiger partial charge >= 0.3 is 5.97 Å². The average molecular weight is 387 g/mol. The first-order valence-corrected chi connectivity index (χ1v) is 11.2. The van der Waals surface area contributed by atoms with Gasteiger partial charge in [-0.15, -0.1) is 11.8 Å². The molecule has 0 rings (SSSR count). The summed E-state index contributed by atoms with van der Waals surface area (Å²) in [5.41, 5.74) is 0. The Bertz CT molecular complexity index is 393. The molecule has 0 radical (unpaired) electrons. The van der Waals surface area contributed by atoms with Gasteiger partial charge in [0.2, 0.25) is 0 Å². The van der Waals surface area contributed by atoms with Crippen molar-refractivity contribution in [2.24, 2.45) is 0 Å². The molecule has 4 heteroatoms. The third kappa shape index (κ3) is 13.5. The van der Waals surface area contributed by atoms with E-state index in [0.29, 0.717) is 6.42 Å². The number of carbonyl (C=O) groups is 1. The minimum atomic E-state index is -0.797. The summed E-state index contributed by atoms with van der Waals surface area (Å²) in [6.45, 7) is 6.01. The van der Waals surface area contributed by atoms with Gasteiger partial charge in [-0.2, -0.15) is 0 Å². The highest BCUT2D eigenvalue weighted by Gasteiger charge is 2.34. The van der Waals surface area contributed by atoms with E-state index in [0.717, 1.165) is 23.5 Å². The van der Waals surface area contributed by atoms with E-state index in [1.807, 2.05) is 19.1 Å². The zero-order chi connectivity index (χ0) is 19.0. The quantitative estimate of drug-likeness (QED) is 0.169. The molecule has 1 unspecified atom stereocenters. The van der Waals surface area contributed by atoms with Gasteiger partial charge in [0, 0.05) is 4.20 Å². The molecule has 0 aromatic carbocycles. The zero-order valence-electron chi connectivity index (χ0n) is 16.5. The zero-order valence-corrected chi connectivity index (χ0v) is 18.2. The number of rotatable bonds is 16. The molecule has 146 valence electrons. The molecule has 0 saturated heterocycles. The molecule has 1 atom stereocenters. The van der Waals surface area contributed by atoms with Crippen LogP contribution in [0.3, 0.4) is 0 Å². The lowest BCUT2D eigenvalue weighted by atomic mass is 10.0. The second kappa shape index (κ2) is 15.9. The lowest BCUT2D eigenvalue weighted by molar-refractivity contribution is -0.139. The van der Waals surface area contributed by atoms with E-state index in [2.05, 4.69) is 6.92 Å². The number of thiocarbonyl (C=S) groups is 1. The molecule has 0 amide bonds. The number of allylic oxidation sites excluding steroid dienone is 2. The van der Waals surface area contributed by atoms with Crippen LogP contribution in [0.5, 0.6) is 0 Å². The van der Waals surface area contributed by atoms with E-state index in [9.17, 15) is 9.90 Å². The molecule has 0 fully saturated rings. The van der Waals surface area contributed by atoms with E-state index in [1.165, 1.54) is 69.5 Å². The van der Waals surface area contributed by atoms with E-state index >= 15 is 0 Å².